The number of rotatable bonds is 3. The van der Waals surface area contributed by atoms with Crippen molar-refractivity contribution >= 4 is 0 Å². The summed E-state index contributed by atoms with van der Waals surface area (Å²) in [5.41, 5.74) is 1.73. The Bertz CT molecular complexity index is 460. The van der Waals surface area contributed by atoms with E-state index in [-0.39, 0.29) is 5.75 Å². The van der Waals surface area contributed by atoms with E-state index in [9.17, 15) is 8.78 Å². The van der Waals surface area contributed by atoms with Crippen LogP contribution in [0.4, 0.5) is 8.78 Å². The van der Waals surface area contributed by atoms with Crippen LogP contribution in [0.5, 0.6) is 5.75 Å². The Balaban J connectivity index is 2.29. The van der Waals surface area contributed by atoms with Crippen molar-refractivity contribution in [2.24, 2.45) is 0 Å². The molecule has 0 spiro atoms. The molecule has 1 aromatic carbocycles. The van der Waals surface area contributed by atoms with Crippen LogP contribution in [0.2, 0.25) is 0 Å². The standard InChI is InChI=1S/C12H9F2NO/c13-12(14)16-11-3-1-2-10(8-11)9-4-6-15-7-5-9/h1-8,12H. The molecule has 0 N–H and O–H groups in total. The lowest BCUT2D eigenvalue weighted by Gasteiger charge is -2.06. The van der Waals surface area contributed by atoms with E-state index < -0.39 is 6.61 Å². The minimum absolute atomic E-state index is 0.157. The fourth-order valence-corrected chi connectivity index (χ4v) is 1.40. The highest BCUT2D eigenvalue weighted by Gasteiger charge is 2.05. The molecule has 0 aliphatic rings. The normalized spacial score (nSPS) is 10.4. The molecule has 2 nitrogen and oxygen atoms in total. The molecule has 4 heteroatoms. The summed E-state index contributed by atoms with van der Waals surface area (Å²) in [7, 11) is 0. The van der Waals surface area contributed by atoms with Crippen LogP contribution in [0.1, 0.15) is 0 Å². The van der Waals surface area contributed by atoms with Crippen LogP contribution in [-0.2, 0) is 0 Å². The zero-order valence-corrected chi connectivity index (χ0v) is 8.31. The van der Waals surface area contributed by atoms with Gasteiger partial charge >= 0.3 is 6.61 Å². The van der Waals surface area contributed by atoms with Gasteiger partial charge in [0.25, 0.3) is 0 Å². The topological polar surface area (TPSA) is 22.1 Å². The SMILES string of the molecule is FC(F)Oc1cccc(-c2ccncc2)c1. The number of pyridine rings is 1. The Kier molecular flexibility index (Phi) is 3.10. The van der Waals surface area contributed by atoms with Crippen molar-refractivity contribution in [3.05, 3.63) is 48.8 Å². The molecule has 1 heterocycles. The Morgan fingerprint density at radius 3 is 2.44 bits per heavy atom. The van der Waals surface area contributed by atoms with E-state index in [1.54, 1.807) is 24.5 Å². The molecule has 0 unspecified atom stereocenters. The molecule has 0 bridgehead atoms. The predicted molar refractivity (Wildman–Crippen MR) is 56.3 cm³/mol. The predicted octanol–water partition coefficient (Wildman–Crippen LogP) is 3.35. The third-order valence-electron chi connectivity index (χ3n) is 2.07. The second-order valence-corrected chi connectivity index (χ2v) is 3.14. The van der Waals surface area contributed by atoms with Gasteiger partial charge in [-0.15, -0.1) is 0 Å². The van der Waals surface area contributed by atoms with Crippen molar-refractivity contribution in [3.8, 4) is 16.9 Å². The summed E-state index contributed by atoms with van der Waals surface area (Å²) in [5, 5.41) is 0. The number of alkyl halides is 2. The lowest BCUT2D eigenvalue weighted by atomic mass is 10.1. The molecule has 0 aliphatic carbocycles. The number of ether oxygens (including phenoxy) is 1. The van der Waals surface area contributed by atoms with Gasteiger partial charge in [-0.3, -0.25) is 4.98 Å². The number of nitrogens with zero attached hydrogens (tertiary/aromatic N) is 1. The van der Waals surface area contributed by atoms with E-state index in [0.29, 0.717) is 0 Å². The molecule has 82 valence electrons. The zero-order chi connectivity index (χ0) is 11.4. The van der Waals surface area contributed by atoms with Crippen molar-refractivity contribution in [2.45, 2.75) is 6.61 Å². The van der Waals surface area contributed by atoms with Crippen LogP contribution in [-0.4, -0.2) is 11.6 Å². The first-order valence-electron chi connectivity index (χ1n) is 4.71. The molecule has 0 saturated heterocycles. The van der Waals surface area contributed by atoms with E-state index in [4.69, 9.17) is 0 Å². The first kappa shape index (κ1) is 10.5. The Morgan fingerprint density at radius 2 is 1.75 bits per heavy atom. The van der Waals surface area contributed by atoms with Gasteiger partial charge in [0.05, 0.1) is 0 Å². The van der Waals surface area contributed by atoms with Crippen molar-refractivity contribution < 1.29 is 13.5 Å². The summed E-state index contributed by atoms with van der Waals surface area (Å²) in [4.78, 5) is 3.89. The molecule has 1 aromatic heterocycles. The van der Waals surface area contributed by atoms with E-state index in [1.165, 1.54) is 6.07 Å². The molecule has 16 heavy (non-hydrogen) atoms. The summed E-state index contributed by atoms with van der Waals surface area (Å²) in [6, 6.07) is 10.2. The molecular formula is C12H9F2NO. The van der Waals surface area contributed by atoms with Gasteiger partial charge in [0.15, 0.2) is 0 Å². The van der Waals surface area contributed by atoms with Crippen LogP contribution >= 0.6 is 0 Å². The number of hydrogen-bond donors (Lipinski definition) is 0. The number of halogens is 2. The molecule has 0 aliphatic heterocycles. The number of benzene rings is 1. The Morgan fingerprint density at radius 1 is 1.00 bits per heavy atom. The van der Waals surface area contributed by atoms with Crippen molar-refractivity contribution in [3.63, 3.8) is 0 Å². The second-order valence-electron chi connectivity index (χ2n) is 3.14. The summed E-state index contributed by atoms with van der Waals surface area (Å²) >= 11 is 0. The second kappa shape index (κ2) is 4.70. The maximum absolute atomic E-state index is 12.0. The molecule has 2 aromatic rings. The first-order chi connectivity index (χ1) is 7.75. The maximum Gasteiger partial charge on any atom is 0.387 e. The summed E-state index contributed by atoms with van der Waals surface area (Å²) in [6.45, 7) is -2.80. The summed E-state index contributed by atoms with van der Waals surface area (Å²) in [6.07, 6.45) is 3.30. The fraction of sp³-hybridized carbons (Fsp3) is 0.0833. The van der Waals surface area contributed by atoms with Crippen LogP contribution in [0, 0.1) is 0 Å². The molecule has 0 atom stereocenters. The van der Waals surface area contributed by atoms with Gasteiger partial charge in [-0.25, -0.2) is 0 Å². The van der Waals surface area contributed by atoms with Gasteiger partial charge in [0.1, 0.15) is 5.75 Å². The Hall–Kier alpha value is -1.97. The van der Waals surface area contributed by atoms with E-state index in [1.807, 2.05) is 18.2 Å². The van der Waals surface area contributed by atoms with Gasteiger partial charge in [-0.1, -0.05) is 12.1 Å². The summed E-state index contributed by atoms with van der Waals surface area (Å²) in [5.74, 6) is 0.157. The minimum atomic E-state index is -2.80. The lowest BCUT2D eigenvalue weighted by molar-refractivity contribution is -0.0498. The largest absolute Gasteiger partial charge is 0.435 e. The third kappa shape index (κ3) is 2.53. The number of aromatic nitrogens is 1. The van der Waals surface area contributed by atoms with Gasteiger partial charge in [-0.05, 0) is 35.4 Å². The van der Waals surface area contributed by atoms with Gasteiger partial charge < -0.3 is 4.74 Å². The average Bonchev–Trinajstić information content (AvgIpc) is 2.30. The number of hydrogen-bond acceptors (Lipinski definition) is 2. The fourth-order valence-electron chi connectivity index (χ4n) is 1.40. The van der Waals surface area contributed by atoms with Crippen molar-refractivity contribution in [1.82, 2.24) is 4.98 Å². The van der Waals surface area contributed by atoms with Gasteiger partial charge in [-0.2, -0.15) is 8.78 Å². The van der Waals surface area contributed by atoms with Crippen molar-refractivity contribution in [1.29, 1.82) is 0 Å². The highest BCUT2D eigenvalue weighted by Crippen LogP contribution is 2.24. The molecule has 0 saturated carbocycles. The van der Waals surface area contributed by atoms with Crippen LogP contribution < -0.4 is 4.74 Å². The highest BCUT2D eigenvalue weighted by molar-refractivity contribution is 5.64. The molecule has 0 fully saturated rings. The minimum Gasteiger partial charge on any atom is -0.435 e. The molecular weight excluding hydrogens is 212 g/mol. The smallest absolute Gasteiger partial charge is 0.387 e. The monoisotopic (exact) mass is 221 g/mol. The average molecular weight is 221 g/mol. The van der Waals surface area contributed by atoms with E-state index >= 15 is 0 Å². The quantitative estimate of drug-likeness (QED) is 0.792. The Labute approximate surface area is 91.5 Å². The first-order valence-corrected chi connectivity index (χ1v) is 4.71. The molecule has 0 amide bonds. The highest BCUT2D eigenvalue weighted by atomic mass is 19.3. The summed E-state index contributed by atoms with van der Waals surface area (Å²) < 4.78 is 28.4. The molecule has 0 radical (unpaired) electrons. The maximum atomic E-state index is 12.0. The third-order valence-corrected chi connectivity index (χ3v) is 2.07. The van der Waals surface area contributed by atoms with Gasteiger partial charge in [0.2, 0.25) is 0 Å². The molecule has 2 rings (SSSR count). The zero-order valence-electron chi connectivity index (χ0n) is 8.31. The van der Waals surface area contributed by atoms with Gasteiger partial charge in [0, 0.05) is 12.4 Å². The van der Waals surface area contributed by atoms with E-state index in [0.717, 1.165) is 11.1 Å². The lowest BCUT2D eigenvalue weighted by Crippen LogP contribution is -2.01. The van der Waals surface area contributed by atoms with Crippen LogP contribution in [0.3, 0.4) is 0 Å². The van der Waals surface area contributed by atoms with Crippen LogP contribution in [0.15, 0.2) is 48.8 Å². The van der Waals surface area contributed by atoms with Crippen LogP contribution in [0.25, 0.3) is 11.1 Å². The van der Waals surface area contributed by atoms with E-state index in [2.05, 4.69) is 9.72 Å². The van der Waals surface area contributed by atoms with Crippen molar-refractivity contribution in [2.75, 3.05) is 0 Å².